The first-order chi connectivity index (χ1) is 6.63. The average Bonchev–Trinajstić information content (AvgIpc) is 2.14. The molecule has 1 aromatic rings. The van der Waals surface area contributed by atoms with Crippen LogP contribution in [0.25, 0.3) is 0 Å². The van der Waals surface area contributed by atoms with Crippen LogP contribution < -0.4 is 5.32 Å². The van der Waals surface area contributed by atoms with Crippen LogP contribution in [0.4, 0.5) is 5.82 Å². The summed E-state index contributed by atoms with van der Waals surface area (Å²) >= 11 is 3.38. The lowest BCUT2D eigenvalue weighted by atomic mass is 10.2. The van der Waals surface area contributed by atoms with Crippen LogP contribution in [-0.4, -0.2) is 16.5 Å². The molecule has 0 saturated heterocycles. The molecular formula is C10H16BrN3. The molecule has 3 nitrogen and oxygen atoms in total. The quantitative estimate of drug-likeness (QED) is 0.843. The molecule has 0 atom stereocenters. The lowest BCUT2D eigenvalue weighted by Gasteiger charge is -2.08. The number of hydrogen-bond donors (Lipinski definition) is 1. The van der Waals surface area contributed by atoms with Crippen molar-refractivity contribution in [1.82, 2.24) is 9.97 Å². The van der Waals surface area contributed by atoms with Crippen LogP contribution in [0.15, 0.2) is 10.7 Å². The van der Waals surface area contributed by atoms with Gasteiger partial charge in [0, 0.05) is 18.5 Å². The number of halogens is 1. The summed E-state index contributed by atoms with van der Waals surface area (Å²) < 4.78 is 0.842. The van der Waals surface area contributed by atoms with Crippen molar-refractivity contribution in [2.24, 2.45) is 0 Å². The standard InChI is InChI=1S/C10H16BrN3/c1-4-5-12-9-6-8(11)13-10(14-9)7(2)3/h6-7H,4-5H2,1-3H3,(H,12,13,14). The number of nitrogens with zero attached hydrogens (tertiary/aromatic N) is 2. The second-order valence-electron chi connectivity index (χ2n) is 3.52. The summed E-state index contributed by atoms with van der Waals surface area (Å²) in [4.78, 5) is 8.73. The van der Waals surface area contributed by atoms with Crippen LogP contribution in [0.3, 0.4) is 0 Å². The summed E-state index contributed by atoms with van der Waals surface area (Å²) in [5.41, 5.74) is 0. The van der Waals surface area contributed by atoms with E-state index in [1.54, 1.807) is 0 Å². The van der Waals surface area contributed by atoms with Crippen molar-refractivity contribution in [3.8, 4) is 0 Å². The largest absolute Gasteiger partial charge is 0.370 e. The van der Waals surface area contributed by atoms with Gasteiger partial charge < -0.3 is 5.32 Å². The first-order valence-electron chi connectivity index (χ1n) is 4.91. The Hall–Kier alpha value is -0.640. The van der Waals surface area contributed by atoms with Crippen molar-refractivity contribution in [3.05, 3.63) is 16.5 Å². The Balaban J connectivity index is 2.84. The van der Waals surface area contributed by atoms with E-state index < -0.39 is 0 Å². The average molecular weight is 258 g/mol. The molecule has 0 aliphatic rings. The molecule has 4 heteroatoms. The van der Waals surface area contributed by atoms with E-state index in [1.165, 1.54) is 0 Å². The molecule has 0 saturated carbocycles. The zero-order valence-electron chi connectivity index (χ0n) is 8.84. The van der Waals surface area contributed by atoms with Crippen LogP contribution in [0, 0.1) is 0 Å². The van der Waals surface area contributed by atoms with Crippen molar-refractivity contribution in [1.29, 1.82) is 0 Å². The first-order valence-corrected chi connectivity index (χ1v) is 5.71. The molecule has 0 fully saturated rings. The Labute approximate surface area is 93.5 Å². The highest BCUT2D eigenvalue weighted by atomic mass is 79.9. The molecule has 0 bridgehead atoms. The van der Waals surface area contributed by atoms with Crippen molar-refractivity contribution in [2.45, 2.75) is 33.1 Å². The zero-order chi connectivity index (χ0) is 10.6. The van der Waals surface area contributed by atoms with E-state index in [4.69, 9.17) is 0 Å². The van der Waals surface area contributed by atoms with Crippen molar-refractivity contribution in [3.63, 3.8) is 0 Å². The normalized spacial score (nSPS) is 10.6. The summed E-state index contributed by atoms with van der Waals surface area (Å²) in [6.07, 6.45) is 1.10. The predicted molar refractivity (Wildman–Crippen MR) is 62.6 cm³/mol. The van der Waals surface area contributed by atoms with Crippen molar-refractivity contribution < 1.29 is 0 Å². The van der Waals surface area contributed by atoms with Gasteiger partial charge in [0.05, 0.1) is 0 Å². The van der Waals surface area contributed by atoms with Gasteiger partial charge in [-0.1, -0.05) is 20.8 Å². The van der Waals surface area contributed by atoms with E-state index in [2.05, 4.69) is 52.0 Å². The van der Waals surface area contributed by atoms with E-state index in [-0.39, 0.29) is 0 Å². The Bertz CT molecular complexity index is 299. The third kappa shape index (κ3) is 3.25. The molecule has 0 unspecified atom stereocenters. The first kappa shape index (κ1) is 11.4. The van der Waals surface area contributed by atoms with Crippen LogP contribution in [-0.2, 0) is 0 Å². The molecule has 0 aromatic carbocycles. The van der Waals surface area contributed by atoms with Crippen LogP contribution in [0.2, 0.25) is 0 Å². The summed E-state index contributed by atoms with van der Waals surface area (Å²) in [5, 5.41) is 3.25. The third-order valence-electron chi connectivity index (χ3n) is 1.78. The molecule has 0 aliphatic heterocycles. The highest BCUT2D eigenvalue weighted by molar-refractivity contribution is 9.10. The van der Waals surface area contributed by atoms with Crippen LogP contribution in [0.1, 0.15) is 38.9 Å². The molecule has 78 valence electrons. The summed E-state index contributed by atoms with van der Waals surface area (Å²) in [7, 11) is 0. The van der Waals surface area contributed by atoms with Crippen LogP contribution >= 0.6 is 15.9 Å². The van der Waals surface area contributed by atoms with E-state index in [1.807, 2.05) is 6.07 Å². The molecular weight excluding hydrogens is 242 g/mol. The fraction of sp³-hybridized carbons (Fsp3) is 0.600. The van der Waals surface area contributed by atoms with Gasteiger partial charge in [0.1, 0.15) is 16.2 Å². The van der Waals surface area contributed by atoms with Crippen LogP contribution in [0.5, 0.6) is 0 Å². The minimum absolute atomic E-state index is 0.356. The maximum atomic E-state index is 4.42. The maximum absolute atomic E-state index is 4.42. The molecule has 0 radical (unpaired) electrons. The topological polar surface area (TPSA) is 37.8 Å². The van der Waals surface area contributed by atoms with Gasteiger partial charge in [-0.15, -0.1) is 0 Å². The Morgan fingerprint density at radius 2 is 2.14 bits per heavy atom. The lowest BCUT2D eigenvalue weighted by Crippen LogP contribution is -2.06. The van der Waals surface area contributed by atoms with Crippen molar-refractivity contribution >= 4 is 21.7 Å². The van der Waals surface area contributed by atoms with Gasteiger partial charge in [-0.2, -0.15) is 0 Å². The Kier molecular flexibility index (Phi) is 4.32. The van der Waals surface area contributed by atoms with E-state index in [0.29, 0.717) is 5.92 Å². The minimum atomic E-state index is 0.356. The number of aromatic nitrogens is 2. The Morgan fingerprint density at radius 3 is 2.71 bits per heavy atom. The Morgan fingerprint density at radius 1 is 1.43 bits per heavy atom. The third-order valence-corrected chi connectivity index (χ3v) is 2.19. The predicted octanol–water partition coefficient (Wildman–Crippen LogP) is 3.18. The molecule has 1 N–H and O–H groups in total. The molecule has 1 aromatic heterocycles. The van der Waals surface area contributed by atoms with E-state index >= 15 is 0 Å². The van der Waals surface area contributed by atoms with Crippen molar-refractivity contribution in [2.75, 3.05) is 11.9 Å². The van der Waals surface area contributed by atoms with Gasteiger partial charge in [0.25, 0.3) is 0 Å². The molecule has 0 amide bonds. The fourth-order valence-electron chi connectivity index (χ4n) is 1.04. The number of anilines is 1. The molecule has 1 rings (SSSR count). The highest BCUT2D eigenvalue weighted by Crippen LogP contribution is 2.17. The number of nitrogens with one attached hydrogen (secondary N) is 1. The smallest absolute Gasteiger partial charge is 0.134 e. The molecule has 14 heavy (non-hydrogen) atoms. The van der Waals surface area contributed by atoms with Gasteiger partial charge in [0.15, 0.2) is 0 Å². The van der Waals surface area contributed by atoms with Gasteiger partial charge in [-0.3, -0.25) is 0 Å². The maximum Gasteiger partial charge on any atom is 0.134 e. The van der Waals surface area contributed by atoms with E-state index in [0.717, 1.165) is 29.2 Å². The summed E-state index contributed by atoms with van der Waals surface area (Å²) in [5.74, 6) is 2.13. The lowest BCUT2D eigenvalue weighted by molar-refractivity contribution is 0.769. The van der Waals surface area contributed by atoms with Gasteiger partial charge in [-0.05, 0) is 22.4 Å². The second kappa shape index (κ2) is 5.29. The van der Waals surface area contributed by atoms with E-state index in [9.17, 15) is 0 Å². The van der Waals surface area contributed by atoms with Gasteiger partial charge in [-0.25, -0.2) is 9.97 Å². The van der Waals surface area contributed by atoms with Gasteiger partial charge in [0.2, 0.25) is 0 Å². The molecule has 0 spiro atoms. The summed E-state index contributed by atoms with van der Waals surface area (Å²) in [6.45, 7) is 7.25. The zero-order valence-corrected chi connectivity index (χ0v) is 10.4. The molecule has 0 aliphatic carbocycles. The van der Waals surface area contributed by atoms with Gasteiger partial charge >= 0.3 is 0 Å². The number of rotatable bonds is 4. The summed E-state index contributed by atoms with van der Waals surface area (Å²) in [6, 6.07) is 1.90. The SMILES string of the molecule is CCCNc1cc(Br)nc(C(C)C)n1. The minimum Gasteiger partial charge on any atom is -0.370 e. The second-order valence-corrected chi connectivity index (χ2v) is 4.33. The number of hydrogen-bond acceptors (Lipinski definition) is 3. The fourth-order valence-corrected chi connectivity index (χ4v) is 1.44. The highest BCUT2D eigenvalue weighted by Gasteiger charge is 2.05. The molecule has 1 heterocycles. The monoisotopic (exact) mass is 257 g/mol.